The quantitative estimate of drug-likeness (QED) is 0.799. The maximum absolute atomic E-state index is 14.1. The molecule has 118 valence electrons. The summed E-state index contributed by atoms with van der Waals surface area (Å²) in [5, 5.41) is 4.60. The fourth-order valence-electron chi connectivity index (χ4n) is 3.51. The summed E-state index contributed by atoms with van der Waals surface area (Å²) in [6, 6.07) is 13.3. The summed E-state index contributed by atoms with van der Waals surface area (Å²) in [7, 11) is 0. The molecule has 23 heavy (non-hydrogen) atoms. The molecule has 0 bridgehead atoms. The Labute approximate surface area is 135 Å². The van der Waals surface area contributed by atoms with E-state index in [0.717, 1.165) is 24.1 Å². The zero-order valence-electron chi connectivity index (χ0n) is 13.0. The largest absolute Gasteiger partial charge is 0.325 e. The number of fused-ring (bicyclic) bond motifs is 1. The van der Waals surface area contributed by atoms with Gasteiger partial charge in [-0.3, -0.25) is 0 Å². The van der Waals surface area contributed by atoms with E-state index in [-0.39, 0.29) is 5.82 Å². The van der Waals surface area contributed by atoms with E-state index >= 15 is 0 Å². The van der Waals surface area contributed by atoms with E-state index in [1.807, 2.05) is 24.4 Å². The Morgan fingerprint density at radius 1 is 1.22 bits per heavy atom. The van der Waals surface area contributed by atoms with Crippen LogP contribution in [0.2, 0.25) is 0 Å². The van der Waals surface area contributed by atoms with Gasteiger partial charge in [0.1, 0.15) is 11.5 Å². The maximum atomic E-state index is 14.1. The number of rotatable bonds is 3. The Bertz CT molecular complexity index is 818. The van der Waals surface area contributed by atoms with Gasteiger partial charge >= 0.3 is 0 Å². The van der Waals surface area contributed by atoms with Crippen LogP contribution in [0.3, 0.4) is 0 Å². The summed E-state index contributed by atoms with van der Waals surface area (Å²) >= 11 is 0. The molecule has 1 aliphatic rings. The Hall–Kier alpha value is -2.20. The highest BCUT2D eigenvalue weighted by Crippen LogP contribution is 2.29. The number of aromatic nitrogens is 2. The molecule has 4 rings (SSSR count). The number of piperidine rings is 1. The average molecular weight is 309 g/mol. The van der Waals surface area contributed by atoms with E-state index in [1.54, 1.807) is 6.07 Å². The second-order valence-electron chi connectivity index (χ2n) is 6.21. The Kier molecular flexibility index (Phi) is 3.83. The van der Waals surface area contributed by atoms with E-state index in [9.17, 15) is 4.39 Å². The number of halogens is 1. The van der Waals surface area contributed by atoms with E-state index in [1.165, 1.54) is 24.6 Å². The van der Waals surface area contributed by atoms with Crippen LogP contribution in [0.15, 0.2) is 48.7 Å². The standard InChI is InChI=1S/C19H20FN3/c20-17-8-2-1-5-16(17)13-23-18(15-7-3-9-21-12-15)11-14-6-4-10-22-19(14)23/h1-2,4-6,8,10-11,15,21H,3,7,9,12-13H2/t15-/m1/s1. The van der Waals surface area contributed by atoms with Gasteiger partial charge in [0, 0.05) is 35.3 Å². The topological polar surface area (TPSA) is 29.9 Å². The summed E-state index contributed by atoms with van der Waals surface area (Å²) < 4.78 is 16.3. The molecule has 0 unspecified atom stereocenters. The van der Waals surface area contributed by atoms with Gasteiger partial charge in [0.15, 0.2) is 0 Å². The normalized spacial score (nSPS) is 18.4. The smallest absolute Gasteiger partial charge is 0.140 e. The Morgan fingerprint density at radius 2 is 2.13 bits per heavy atom. The molecule has 0 spiro atoms. The molecule has 3 nitrogen and oxygen atoms in total. The van der Waals surface area contributed by atoms with Crippen molar-refractivity contribution < 1.29 is 4.39 Å². The predicted octanol–water partition coefficient (Wildman–Crippen LogP) is 3.69. The Morgan fingerprint density at radius 3 is 2.96 bits per heavy atom. The van der Waals surface area contributed by atoms with Crippen molar-refractivity contribution in [1.29, 1.82) is 0 Å². The van der Waals surface area contributed by atoms with Crippen LogP contribution in [0.5, 0.6) is 0 Å². The molecule has 0 saturated carbocycles. The average Bonchev–Trinajstić information content (AvgIpc) is 2.96. The molecule has 0 radical (unpaired) electrons. The molecule has 4 heteroatoms. The first-order valence-electron chi connectivity index (χ1n) is 8.21. The van der Waals surface area contributed by atoms with E-state index in [4.69, 9.17) is 0 Å². The molecule has 1 N–H and O–H groups in total. The molecule has 1 saturated heterocycles. The van der Waals surface area contributed by atoms with Gasteiger partial charge < -0.3 is 9.88 Å². The van der Waals surface area contributed by atoms with Crippen molar-refractivity contribution in [3.63, 3.8) is 0 Å². The summed E-state index contributed by atoms with van der Waals surface area (Å²) in [5.41, 5.74) is 2.91. The van der Waals surface area contributed by atoms with Crippen molar-refractivity contribution in [2.24, 2.45) is 0 Å². The van der Waals surface area contributed by atoms with E-state index in [0.29, 0.717) is 18.0 Å². The zero-order chi connectivity index (χ0) is 15.6. The number of nitrogens with zero attached hydrogens (tertiary/aromatic N) is 2. The van der Waals surface area contributed by atoms with Crippen LogP contribution in [0.1, 0.15) is 30.0 Å². The number of nitrogens with one attached hydrogen (secondary N) is 1. The van der Waals surface area contributed by atoms with Crippen LogP contribution in [0.4, 0.5) is 4.39 Å². The van der Waals surface area contributed by atoms with Crippen molar-refractivity contribution in [3.05, 3.63) is 65.7 Å². The molecule has 0 amide bonds. The van der Waals surface area contributed by atoms with Gasteiger partial charge in [-0.1, -0.05) is 18.2 Å². The van der Waals surface area contributed by atoms with Crippen LogP contribution < -0.4 is 5.32 Å². The van der Waals surface area contributed by atoms with Crippen LogP contribution in [-0.2, 0) is 6.54 Å². The third-order valence-electron chi connectivity index (χ3n) is 4.69. The second kappa shape index (κ2) is 6.13. The summed E-state index contributed by atoms with van der Waals surface area (Å²) in [5.74, 6) is 0.308. The minimum Gasteiger partial charge on any atom is -0.325 e. The summed E-state index contributed by atoms with van der Waals surface area (Å²) in [6.45, 7) is 2.59. The highest BCUT2D eigenvalue weighted by molar-refractivity contribution is 5.77. The highest BCUT2D eigenvalue weighted by Gasteiger charge is 2.21. The van der Waals surface area contributed by atoms with Crippen molar-refractivity contribution in [2.75, 3.05) is 13.1 Å². The molecule has 1 aliphatic heterocycles. The molecule has 1 aromatic carbocycles. The second-order valence-corrected chi connectivity index (χ2v) is 6.21. The van der Waals surface area contributed by atoms with Crippen LogP contribution in [-0.4, -0.2) is 22.6 Å². The molecule has 0 aliphatic carbocycles. The van der Waals surface area contributed by atoms with Crippen LogP contribution in [0, 0.1) is 5.82 Å². The lowest BCUT2D eigenvalue weighted by Gasteiger charge is -2.24. The van der Waals surface area contributed by atoms with Gasteiger partial charge in [-0.05, 0) is 43.7 Å². The number of hydrogen-bond donors (Lipinski definition) is 1. The molecule has 2 aromatic heterocycles. The minimum absolute atomic E-state index is 0.155. The van der Waals surface area contributed by atoms with Crippen LogP contribution >= 0.6 is 0 Å². The lowest BCUT2D eigenvalue weighted by Crippen LogP contribution is -2.29. The third-order valence-corrected chi connectivity index (χ3v) is 4.69. The first-order valence-corrected chi connectivity index (χ1v) is 8.21. The number of benzene rings is 1. The fourth-order valence-corrected chi connectivity index (χ4v) is 3.51. The first-order chi connectivity index (χ1) is 11.3. The molecule has 3 heterocycles. The van der Waals surface area contributed by atoms with Crippen molar-refractivity contribution in [2.45, 2.75) is 25.3 Å². The molecule has 3 aromatic rings. The summed E-state index contributed by atoms with van der Waals surface area (Å²) in [6.07, 6.45) is 4.16. The molecule has 1 atom stereocenters. The summed E-state index contributed by atoms with van der Waals surface area (Å²) in [4.78, 5) is 4.54. The molecule has 1 fully saturated rings. The van der Waals surface area contributed by atoms with Gasteiger partial charge in [0.05, 0.1) is 6.54 Å². The van der Waals surface area contributed by atoms with Crippen molar-refractivity contribution in [3.8, 4) is 0 Å². The third kappa shape index (κ3) is 2.75. The molecular weight excluding hydrogens is 289 g/mol. The van der Waals surface area contributed by atoms with E-state index < -0.39 is 0 Å². The number of pyridine rings is 1. The predicted molar refractivity (Wildman–Crippen MR) is 90.1 cm³/mol. The van der Waals surface area contributed by atoms with Gasteiger partial charge in [-0.25, -0.2) is 9.37 Å². The lowest BCUT2D eigenvalue weighted by molar-refractivity contribution is 0.444. The number of hydrogen-bond acceptors (Lipinski definition) is 2. The SMILES string of the molecule is Fc1ccccc1Cn1c([C@@H]2CCCNC2)cc2cccnc21. The highest BCUT2D eigenvalue weighted by atomic mass is 19.1. The van der Waals surface area contributed by atoms with Crippen molar-refractivity contribution in [1.82, 2.24) is 14.9 Å². The monoisotopic (exact) mass is 309 g/mol. The lowest BCUT2D eigenvalue weighted by atomic mass is 9.96. The maximum Gasteiger partial charge on any atom is 0.140 e. The van der Waals surface area contributed by atoms with E-state index in [2.05, 4.69) is 27.0 Å². The molecular formula is C19H20FN3. The first kappa shape index (κ1) is 14.4. The van der Waals surface area contributed by atoms with Crippen molar-refractivity contribution >= 4 is 11.0 Å². The van der Waals surface area contributed by atoms with Gasteiger partial charge in [0.25, 0.3) is 0 Å². The van der Waals surface area contributed by atoms with Crippen LogP contribution in [0.25, 0.3) is 11.0 Å². The minimum atomic E-state index is -0.155. The van der Waals surface area contributed by atoms with Gasteiger partial charge in [-0.15, -0.1) is 0 Å². The van der Waals surface area contributed by atoms with Gasteiger partial charge in [0.2, 0.25) is 0 Å². The fraction of sp³-hybridized carbons (Fsp3) is 0.316. The zero-order valence-corrected chi connectivity index (χ0v) is 13.0. The Balaban J connectivity index is 1.81. The van der Waals surface area contributed by atoms with Gasteiger partial charge in [-0.2, -0.15) is 0 Å².